The van der Waals surface area contributed by atoms with Crippen LogP contribution in [0.1, 0.15) is 5.56 Å². The first-order chi connectivity index (χ1) is 25.7. The molecule has 52 heavy (non-hydrogen) atoms. The van der Waals surface area contributed by atoms with Gasteiger partial charge in [0.2, 0.25) is 0 Å². The van der Waals surface area contributed by atoms with E-state index in [-0.39, 0.29) is 0 Å². The fourth-order valence-corrected chi connectivity index (χ4v) is 7.92. The number of thiophene rings is 1. The first kappa shape index (κ1) is 29.8. The summed E-state index contributed by atoms with van der Waals surface area (Å²) < 4.78 is 8.49. The second-order valence-electron chi connectivity index (χ2n) is 12.4. The Morgan fingerprint density at radius 3 is 1.92 bits per heavy atom. The second-order valence-corrected chi connectivity index (χ2v) is 13.4. The molecule has 0 bridgehead atoms. The molecule has 0 amide bonds. The van der Waals surface area contributed by atoms with E-state index in [9.17, 15) is 5.26 Å². The predicted molar refractivity (Wildman–Crippen MR) is 207 cm³/mol. The minimum Gasteiger partial charge on any atom is -0.456 e. The molecule has 6 aromatic carbocycles. The van der Waals surface area contributed by atoms with Crippen molar-refractivity contribution < 1.29 is 4.42 Å². The summed E-state index contributed by atoms with van der Waals surface area (Å²) in [6.45, 7) is 0. The summed E-state index contributed by atoms with van der Waals surface area (Å²) in [4.78, 5) is 25.3. The van der Waals surface area contributed by atoms with Crippen molar-refractivity contribution in [2.24, 2.45) is 0 Å². The molecule has 0 atom stereocenters. The third-order valence-electron chi connectivity index (χ3n) is 9.22. The van der Waals surface area contributed by atoms with E-state index in [1.165, 1.54) is 0 Å². The van der Waals surface area contributed by atoms with Crippen LogP contribution in [0.5, 0.6) is 0 Å². The molecule has 7 nitrogen and oxygen atoms in total. The number of fused-ring (bicyclic) bond motifs is 6. The Labute approximate surface area is 301 Å². The van der Waals surface area contributed by atoms with Crippen LogP contribution in [0.25, 0.3) is 99.1 Å². The van der Waals surface area contributed by atoms with Gasteiger partial charge in [-0.1, -0.05) is 109 Å². The van der Waals surface area contributed by atoms with E-state index in [4.69, 9.17) is 29.3 Å². The van der Waals surface area contributed by atoms with Gasteiger partial charge in [0.25, 0.3) is 0 Å². The minimum absolute atomic E-state index is 0.546. The molecule has 0 aliphatic rings. The van der Waals surface area contributed by atoms with Crippen molar-refractivity contribution in [3.05, 3.63) is 151 Å². The van der Waals surface area contributed by atoms with E-state index in [0.717, 1.165) is 75.8 Å². The van der Waals surface area contributed by atoms with Crippen LogP contribution in [0.4, 0.5) is 0 Å². The number of benzene rings is 6. The Balaban J connectivity index is 1.21. The summed E-state index contributed by atoms with van der Waals surface area (Å²) in [6.07, 6.45) is 0. The smallest absolute Gasteiger partial charge is 0.164 e. The second kappa shape index (κ2) is 12.1. The number of furan rings is 1. The van der Waals surface area contributed by atoms with Gasteiger partial charge in [0.05, 0.1) is 27.5 Å². The van der Waals surface area contributed by atoms with E-state index in [2.05, 4.69) is 24.3 Å². The maximum Gasteiger partial charge on any atom is 0.164 e. The highest BCUT2D eigenvalue weighted by Crippen LogP contribution is 2.42. The van der Waals surface area contributed by atoms with Crippen LogP contribution in [0.15, 0.2) is 150 Å². The fourth-order valence-electron chi connectivity index (χ4n) is 6.77. The largest absolute Gasteiger partial charge is 0.456 e. The number of nitrogens with zero attached hydrogens (tertiary/aromatic N) is 6. The Hall–Kier alpha value is -7.08. The van der Waals surface area contributed by atoms with Gasteiger partial charge in [-0.2, -0.15) is 5.26 Å². The zero-order chi connectivity index (χ0) is 34.6. The number of hydrogen-bond acceptors (Lipinski definition) is 8. The fraction of sp³-hybridized carbons (Fsp3) is 0. The average Bonchev–Trinajstić information content (AvgIpc) is 3.79. The number of rotatable bonds is 5. The summed E-state index contributed by atoms with van der Waals surface area (Å²) in [6, 6.07) is 50.1. The van der Waals surface area contributed by atoms with Crippen LogP contribution in [0, 0.1) is 11.3 Å². The zero-order valence-corrected chi connectivity index (χ0v) is 28.2. The standard InChI is InChI=1S/C44H24N6OS/c45-25-29-16-7-8-17-30(29)38-40-39(31-18-9-10-21-36(31)52-40)47-43(46-38)28-22-23-34-33(24-28)37-32(19-11-20-35(37)51-34)44-49-41(26-12-3-1-4-13-26)48-42(50-44)27-14-5-2-6-15-27/h1-24H. The minimum atomic E-state index is 0.546. The molecular formula is C44H24N6OS. The van der Waals surface area contributed by atoms with Gasteiger partial charge in [0.1, 0.15) is 11.2 Å². The molecule has 0 N–H and O–H groups in total. The molecule has 0 aliphatic carbocycles. The van der Waals surface area contributed by atoms with Crippen molar-refractivity contribution in [3.8, 4) is 62.9 Å². The lowest BCUT2D eigenvalue weighted by molar-refractivity contribution is 0.669. The lowest BCUT2D eigenvalue weighted by Crippen LogP contribution is -2.00. The molecule has 10 rings (SSSR count). The normalized spacial score (nSPS) is 11.4. The molecule has 0 fully saturated rings. The van der Waals surface area contributed by atoms with Crippen molar-refractivity contribution in [2.75, 3.05) is 0 Å². The van der Waals surface area contributed by atoms with Crippen molar-refractivity contribution in [2.45, 2.75) is 0 Å². The van der Waals surface area contributed by atoms with Gasteiger partial charge >= 0.3 is 0 Å². The quantitative estimate of drug-likeness (QED) is 0.178. The highest BCUT2D eigenvalue weighted by atomic mass is 32.1. The van der Waals surface area contributed by atoms with Crippen molar-refractivity contribution in [3.63, 3.8) is 0 Å². The van der Waals surface area contributed by atoms with Gasteiger partial charge in [-0.25, -0.2) is 24.9 Å². The molecule has 0 spiro atoms. The third-order valence-corrected chi connectivity index (χ3v) is 10.4. The summed E-state index contributed by atoms with van der Waals surface area (Å²) in [5, 5.41) is 12.9. The highest BCUT2D eigenvalue weighted by molar-refractivity contribution is 7.26. The van der Waals surface area contributed by atoms with E-state index in [0.29, 0.717) is 28.9 Å². The topological polar surface area (TPSA) is 101 Å². The van der Waals surface area contributed by atoms with Gasteiger partial charge in [0, 0.05) is 48.7 Å². The van der Waals surface area contributed by atoms with Gasteiger partial charge in [-0.05, 0) is 36.4 Å². The lowest BCUT2D eigenvalue weighted by Gasteiger charge is -2.10. The SMILES string of the molecule is N#Cc1ccccc1-c1nc(-c2ccc3oc4cccc(-c5nc(-c6ccccc6)nc(-c6ccccc6)n5)c4c3c2)nc2c1sc1ccccc12. The monoisotopic (exact) mass is 684 g/mol. The Morgan fingerprint density at radius 2 is 1.15 bits per heavy atom. The number of aromatic nitrogens is 5. The van der Waals surface area contributed by atoms with Crippen LogP contribution >= 0.6 is 11.3 Å². The molecule has 10 aromatic rings. The van der Waals surface area contributed by atoms with Crippen molar-refractivity contribution in [1.29, 1.82) is 5.26 Å². The Morgan fingerprint density at radius 1 is 0.500 bits per heavy atom. The van der Waals surface area contributed by atoms with E-state index < -0.39 is 0 Å². The van der Waals surface area contributed by atoms with E-state index in [1.807, 2.05) is 127 Å². The maximum atomic E-state index is 10.0. The Kier molecular flexibility index (Phi) is 6.91. The molecule has 0 saturated heterocycles. The molecule has 242 valence electrons. The predicted octanol–water partition coefficient (Wildman–Crippen LogP) is 11.1. The van der Waals surface area contributed by atoms with Gasteiger partial charge < -0.3 is 4.42 Å². The molecule has 0 saturated carbocycles. The first-order valence-corrected chi connectivity index (χ1v) is 17.6. The maximum absolute atomic E-state index is 10.0. The van der Waals surface area contributed by atoms with Crippen LogP contribution in [-0.2, 0) is 0 Å². The Bertz CT molecular complexity index is 2980. The van der Waals surface area contributed by atoms with E-state index in [1.54, 1.807) is 11.3 Å². The number of hydrogen-bond donors (Lipinski definition) is 0. The van der Waals surface area contributed by atoms with Crippen LogP contribution in [-0.4, -0.2) is 24.9 Å². The van der Waals surface area contributed by atoms with Crippen molar-refractivity contribution in [1.82, 2.24) is 24.9 Å². The summed E-state index contributed by atoms with van der Waals surface area (Å²) in [7, 11) is 0. The first-order valence-electron chi connectivity index (χ1n) is 16.7. The average molecular weight is 685 g/mol. The molecule has 8 heteroatoms. The summed E-state index contributed by atoms with van der Waals surface area (Å²) >= 11 is 1.64. The zero-order valence-electron chi connectivity index (χ0n) is 27.4. The van der Waals surface area contributed by atoms with Crippen LogP contribution in [0.2, 0.25) is 0 Å². The summed E-state index contributed by atoms with van der Waals surface area (Å²) in [5.41, 5.74) is 7.84. The molecule has 0 radical (unpaired) electrons. The molecular weight excluding hydrogens is 661 g/mol. The van der Waals surface area contributed by atoms with Gasteiger partial charge in [-0.15, -0.1) is 11.3 Å². The molecule has 4 heterocycles. The highest BCUT2D eigenvalue weighted by Gasteiger charge is 2.21. The van der Waals surface area contributed by atoms with Crippen LogP contribution < -0.4 is 0 Å². The molecule has 0 unspecified atom stereocenters. The lowest BCUT2D eigenvalue weighted by atomic mass is 10.0. The van der Waals surface area contributed by atoms with Crippen LogP contribution in [0.3, 0.4) is 0 Å². The van der Waals surface area contributed by atoms with E-state index >= 15 is 0 Å². The summed E-state index contributed by atoms with van der Waals surface area (Å²) in [5.74, 6) is 2.28. The molecule has 4 aromatic heterocycles. The van der Waals surface area contributed by atoms with Gasteiger partial charge in [0.15, 0.2) is 23.3 Å². The van der Waals surface area contributed by atoms with Gasteiger partial charge in [-0.3, -0.25) is 0 Å². The third kappa shape index (κ3) is 4.91. The molecule has 0 aliphatic heterocycles. The number of nitriles is 1. The van der Waals surface area contributed by atoms with Crippen molar-refractivity contribution >= 4 is 53.6 Å².